The summed E-state index contributed by atoms with van der Waals surface area (Å²) in [5.41, 5.74) is 8.27. The van der Waals surface area contributed by atoms with Crippen LogP contribution in [0.5, 0.6) is 0 Å². The van der Waals surface area contributed by atoms with Gasteiger partial charge in [-0.15, -0.1) is 0 Å². The Morgan fingerprint density at radius 2 is 2.00 bits per heavy atom. The summed E-state index contributed by atoms with van der Waals surface area (Å²) in [6, 6.07) is 10.0. The highest BCUT2D eigenvalue weighted by atomic mass is 79.9. The van der Waals surface area contributed by atoms with Crippen molar-refractivity contribution in [3.63, 3.8) is 0 Å². The lowest BCUT2D eigenvalue weighted by atomic mass is 10.1. The molecule has 0 radical (unpaired) electrons. The summed E-state index contributed by atoms with van der Waals surface area (Å²) in [4.78, 5) is 8.73. The number of nitrogens with two attached hydrogens (primary N) is 1. The van der Waals surface area contributed by atoms with E-state index >= 15 is 0 Å². The first-order valence-electron chi connectivity index (χ1n) is 6.04. The molecule has 0 fully saturated rings. The molecule has 1 heterocycles. The summed E-state index contributed by atoms with van der Waals surface area (Å²) in [5.74, 6) is 0. The molecule has 2 atom stereocenters. The summed E-state index contributed by atoms with van der Waals surface area (Å²) in [7, 11) is 0. The largest absolute Gasteiger partial charge is 0.327 e. The third-order valence-electron chi connectivity index (χ3n) is 2.69. The summed E-state index contributed by atoms with van der Waals surface area (Å²) in [6.07, 6.45) is 1.78. The van der Waals surface area contributed by atoms with Crippen LogP contribution in [0, 0.1) is 6.92 Å². The number of halogens is 1. The lowest BCUT2D eigenvalue weighted by Crippen LogP contribution is -2.23. The van der Waals surface area contributed by atoms with Gasteiger partial charge in [-0.3, -0.25) is 0 Å². The fraction of sp³-hybridized carbons (Fsp3) is 0.286. The molecule has 2 rings (SSSR count). The minimum Gasteiger partial charge on any atom is -0.327 e. The monoisotopic (exact) mass is 337 g/mol. The van der Waals surface area contributed by atoms with E-state index < -0.39 is 0 Å². The highest BCUT2D eigenvalue weighted by molar-refractivity contribution is 9.10. The van der Waals surface area contributed by atoms with Gasteiger partial charge in [0.05, 0.1) is 5.25 Å². The van der Waals surface area contributed by atoms with E-state index in [0.717, 1.165) is 15.3 Å². The molecular formula is C14H16BrN3S. The van der Waals surface area contributed by atoms with Crippen LogP contribution in [0.2, 0.25) is 0 Å². The van der Waals surface area contributed by atoms with Crippen LogP contribution in [-0.2, 0) is 0 Å². The number of thioether (sulfide) groups is 1. The number of aromatic nitrogens is 2. The first-order chi connectivity index (χ1) is 9.08. The smallest absolute Gasteiger partial charge is 0.188 e. The van der Waals surface area contributed by atoms with Gasteiger partial charge < -0.3 is 5.73 Å². The Bertz CT molecular complexity index is 560. The zero-order chi connectivity index (χ0) is 13.8. The lowest BCUT2D eigenvalue weighted by Gasteiger charge is -2.21. The van der Waals surface area contributed by atoms with Gasteiger partial charge in [0, 0.05) is 22.4 Å². The first kappa shape index (κ1) is 14.5. The highest BCUT2D eigenvalue weighted by Crippen LogP contribution is 2.38. The molecule has 0 amide bonds. The molecule has 5 heteroatoms. The maximum Gasteiger partial charge on any atom is 0.188 e. The molecule has 1 aromatic carbocycles. The van der Waals surface area contributed by atoms with E-state index in [2.05, 4.69) is 32.0 Å². The summed E-state index contributed by atoms with van der Waals surface area (Å²) in [6.45, 7) is 3.97. The van der Waals surface area contributed by atoms with Gasteiger partial charge in [-0.25, -0.2) is 9.97 Å². The van der Waals surface area contributed by atoms with E-state index in [0.29, 0.717) is 0 Å². The minimum atomic E-state index is 0.00723. The molecule has 2 N–H and O–H groups in total. The normalized spacial score (nSPS) is 14.1. The van der Waals surface area contributed by atoms with Crippen LogP contribution < -0.4 is 5.73 Å². The molecule has 19 heavy (non-hydrogen) atoms. The van der Waals surface area contributed by atoms with Crippen molar-refractivity contribution in [2.75, 3.05) is 0 Å². The maximum atomic E-state index is 6.13. The molecule has 2 unspecified atom stereocenters. The Labute approximate surface area is 126 Å². The zero-order valence-corrected chi connectivity index (χ0v) is 13.3. The topological polar surface area (TPSA) is 51.8 Å². The Kier molecular flexibility index (Phi) is 4.96. The summed E-state index contributed by atoms with van der Waals surface area (Å²) in [5, 5.41) is 0.885. The Hall–Kier alpha value is -0.910. The number of benzene rings is 1. The van der Waals surface area contributed by atoms with Crippen molar-refractivity contribution in [3.05, 3.63) is 52.3 Å². The van der Waals surface area contributed by atoms with Crippen molar-refractivity contribution < 1.29 is 0 Å². The number of aryl methyl sites for hydroxylation is 1. The number of nitrogens with zero attached hydrogens (tertiary/aromatic N) is 2. The van der Waals surface area contributed by atoms with Crippen molar-refractivity contribution in [2.24, 2.45) is 5.73 Å². The second-order valence-corrected chi connectivity index (χ2v) is 6.36. The van der Waals surface area contributed by atoms with Gasteiger partial charge in [-0.2, -0.15) is 0 Å². The van der Waals surface area contributed by atoms with Gasteiger partial charge in [-0.05, 0) is 31.5 Å². The molecule has 1 aromatic heterocycles. The molecule has 0 saturated heterocycles. The predicted octanol–water partition coefficient (Wildman–Crippen LogP) is 3.73. The van der Waals surface area contributed by atoms with Gasteiger partial charge in [0.1, 0.15) is 0 Å². The second-order valence-electron chi connectivity index (χ2n) is 4.40. The third-order valence-corrected chi connectivity index (χ3v) is 4.76. The molecule has 0 saturated carbocycles. The standard InChI is InChI=1S/C14H16BrN3S/c1-9-7-8-17-14(18-9)19-13(10(2)16)11-5-3-4-6-12(11)15/h3-8,10,13H,16H2,1-2H3. The van der Waals surface area contributed by atoms with Crippen LogP contribution in [0.3, 0.4) is 0 Å². The van der Waals surface area contributed by atoms with Gasteiger partial charge in [0.2, 0.25) is 0 Å². The van der Waals surface area contributed by atoms with Crippen molar-refractivity contribution in [1.29, 1.82) is 0 Å². The van der Waals surface area contributed by atoms with Gasteiger partial charge in [0.25, 0.3) is 0 Å². The highest BCUT2D eigenvalue weighted by Gasteiger charge is 2.21. The van der Waals surface area contributed by atoms with Crippen LogP contribution in [0.4, 0.5) is 0 Å². The predicted molar refractivity (Wildman–Crippen MR) is 83.2 cm³/mol. The van der Waals surface area contributed by atoms with E-state index in [4.69, 9.17) is 5.73 Å². The summed E-state index contributed by atoms with van der Waals surface area (Å²) >= 11 is 5.18. The third kappa shape index (κ3) is 3.78. The van der Waals surface area contributed by atoms with Gasteiger partial charge in [-0.1, -0.05) is 45.9 Å². The van der Waals surface area contributed by atoms with Crippen molar-refractivity contribution in [1.82, 2.24) is 9.97 Å². The van der Waals surface area contributed by atoms with Gasteiger partial charge in [0.15, 0.2) is 5.16 Å². The Morgan fingerprint density at radius 3 is 2.63 bits per heavy atom. The molecule has 0 aliphatic rings. The average molecular weight is 338 g/mol. The van der Waals surface area contributed by atoms with Crippen molar-refractivity contribution in [2.45, 2.75) is 30.3 Å². The van der Waals surface area contributed by atoms with E-state index in [9.17, 15) is 0 Å². The fourth-order valence-corrected chi connectivity index (χ4v) is 3.53. The van der Waals surface area contributed by atoms with E-state index in [1.54, 1.807) is 18.0 Å². The number of hydrogen-bond acceptors (Lipinski definition) is 4. The first-order valence-corrected chi connectivity index (χ1v) is 7.71. The Morgan fingerprint density at radius 1 is 1.26 bits per heavy atom. The van der Waals surface area contributed by atoms with E-state index in [-0.39, 0.29) is 11.3 Å². The van der Waals surface area contributed by atoms with E-state index in [1.165, 1.54) is 5.56 Å². The molecular weight excluding hydrogens is 322 g/mol. The van der Waals surface area contributed by atoms with Gasteiger partial charge >= 0.3 is 0 Å². The van der Waals surface area contributed by atoms with Crippen LogP contribution in [0.15, 0.2) is 46.2 Å². The zero-order valence-electron chi connectivity index (χ0n) is 10.9. The lowest BCUT2D eigenvalue weighted by molar-refractivity contribution is 0.715. The average Bonchev–Trinajstić information content (AvgIpc) is 2.37. The van der Waals surface area contributed by atoms with E-state index in [1.807, 2.05) is 38.1 Å². The summed E-state index contributed by atoms with van der Waals surface area (Å²) < 4.78 is 1.07. The fourth-order valence-electron chi connectivity index (χ4n) is 1.76. The SMILES string of the molecule is Cc1ccnc(SC(c2ccccc2Br)C(C)N)n1. The molecule has 2 aromatic rings. The maximum absolute atomic E-state index is 6.13. The minimum absolute atomic E-state index is 0.00723. The van der Waals surface area contributed by atoms with Crippen molar-refractivity contribution in [3.8, 4) is 0 Å². The molecule has 0 bridgehead atoms. The number of rotatable bonds is 4. The molecule has 0 aliphatic carbocycles. The quantitative estimate of drug-likeness (QED) is 0.682. The van der Waals surface area contributed by atoms with Crippen LogP contribution >= 0.6 is 27.7 Å². The second kappa shape index (κ2) is 6.50. The molecule has 3 nitrogen and oxygen atoms in total. The molecule has 100 valence electrons. The van der Waals surface area contributed by atoms with Crippen LogP contribution in [0.25, 0.3) is 0 Å². The Balaban J connectivity index is 2.29. The molecule has 0 aliphatic heterocycles. The molecule has 0 spiro atoms. The number of hydrogen-bond donors (Lipinski definition) is 1. The van der Waals surface area contributed by atoms with Crippen molar-refractivity contribution >= 4 is 27.7 Å². The van der Waals surface area contributed by atoms with Crippen LogP contribution in [0.1, 0.15) is 23.4 Å². The van der Waals surface area contributed by atoms with Crippen LogP contribution in [-0.4, -0.2) is 16.0 Å².